The normalized spacial score (nSPS) is 29.3. The molecule has 5 unspecified atom stereocenters. The molecular weight excluding hydrogens is 558 g/mol. The van der Waals surface area contributed by atoms with Crippen molar-refractivity contribution in [3.8, 4) is 0 Å². The summed E-state index contributed by atoms with van der Waals surface area (Å²) in [7, 11) is 4.65. The van der Waals surface area contributed by atoms with Crippen LogP contribution in [0.15, 0.2) is 5.16 Å². The SMILES string of the molecule is CC[C@@H](OC)[C@@](C)(O)C(O)C(C)/C(=N/OCOC)[C@H](C)C[C@@](C)(O)C[C@@H](C)[C@H](O[C@H]1CC(C)[C@@H](OC)C(C)O1)C(C)C=O. The van der Waals surface area contributed by atoms with E-state index in [2.05, 4.69) is 12.1 Å². The third-order valence-electron chi connectivity index (χ3n) is 9.03. The van der Waals surface area contributed by atoms with E-state index in [0.29, 0.717) is 25.0 Å². The standard InChI is InChI=1S/C32H61NO10/c1-13-25(39-11)32(9,37)30(35)23(6)27(33-41-18-38-10)20(3)15-31(8,36)16-21(4)28(22(5)17-34)43-26-14-19(2)29(40-12)24(7)42-26/h17,19-26,28-30,35-37H,13-16,18H2,1-12H3/b33-27+/t19?,20-,21-,22?,23?,24?,25-,26+,28+,29-,30?,31-,32-/m1/s1. The van der Waals surface area contributed by atoms with Crippen LogP contribution in [-0.4, -0.2) is 103 Å². The zero-order chi connectivity index (χ0) is 33.1. The molecule has 0 aliphatic carbocycles. The van der Waals surface area contributed by atoms with Crippen LogP contribution in [0.5, 0.6) is 0 Å². The average Bonchev–Trinajstić information content (AvgIpc) is 2.92. The van der Waals surface area contributed by atoms with E-state index in [1.54, 1.807) is 27.9 Å². The number of aliphatic hydroxyl groups is 3. The van der Waals surface area contributed by atoms with E-state index in [4.69, 9.17) is 28.5 Å². The fourth-order valence-electron chi connectivity index (χ4n) is 6.92. The van der Waals surface area contributed by atoms with E-state index in [-0.39, 0.29) is 43.2 Å². The molecule has 11 nitrogen and oxygen atoms in total. The third-order valence-corrected chi connectivity index (χ3v) is 9.03. The Hall–Kier alpha value is -1.18. The third kappa shape index (κ3) is 11.3. The summed E-state index contributed by atoms with van der Waals surface area (Å²) in [5.74, 6) is -1.37. The first-order valence-electron chi connectivity index (χ1n) is 15.6. The summed E-state index contributed by atoms with van der Waals surface area (Å²) in [4.78, 5) is 17.2. The summed E-state index contributed by atoms with van der Waals surface area (Å²) < 4.78 is 28.5. The number of rotatable bonds is 20. The molecule has 1 fully saturated rings. The Labute approximate surface area is 259 Å². The van der Waals surface area contributed by atoms with Crippen LogP contribution in [0.2, 0.25) is 0 Å². The Kier molecular flexibility index (Phi) is 16.8. The van der Waals surface area contributed by atoms with Gasteiger partial charge in [-0.05, 0) is 51.9 Å². The lowest BCUT2D eigenvalue weighted by Gasteiger charge is -2.42. The molecule has 1 heterocycles. The number of aliphatic hydroxyl groups excluding tert-OH is 1. The Morgan fingerprint density at radius 3 is 2.21 bits per heavy atom. The van der Waals surface area contributed by atoms with Gasteiger partial charge in [-0.15, -0.1) is 0 Å². The van der Waals surface area contributed by atoms with Crippen molar-refractivity contribution < 1.29 is 48.6 Å². The van der Waals surface area contributed by atoms with E-state index in [1.807, 2.05) is 34.6 Å². The Bertz CT molecular complexity index is 821. The zero-order valence-corrected chi connectivity index (χ0v) is 28.6. The average molecular weight is 620 g/mol. The summed E-state index contributed by atoms with van der Waals surface area (Å²) in [6.45, 7) is 16.6. The second-order valence-electron chi connectivity index (χ2n) is 13.2. The number of ether oxygens (including phenoxy) is 5. The van der Waals surface area contributed by atoms with Gasteiger partial charge in [-0.25, -0.2) is 0 Å². The first-order valence-corrected chi connectivity index (χ1v) is 15.6. The topological polar surface area (TPSA) is 146 Å². The fraction of sp³-hybridized carbons (Fsp3) is 0.938. The number of carbonyl (C=O) groups is 1. The molecule has 0 radical (unpaired) electrons. The number of hydrogen-bond acceptors (Lipinski definition) is 11. The van der Waals surface area contributed by atoms with Crippen molar-refractivity contribution in [3.63, 3.8) is 0 Å². The Balaban J connectivity index is 3.12. The highest BCUT2D eigenvalue weighted by atomic mass is 16.7. The lowest BCUT2D eigenvalue weighted by Crippen LogP contribution is -2.54. The molecule has 0 spiro atoms. The molecule has 0 saturated carbocycles. The first-order chi connectivity index (χ1) is 20.0. The van der Waals surface area contributed by atoms with Crippen molar-refractivity contribution in [3.05, 3.63) is 0 Å². The molecule has 1 aliphatic heterocycles. The monoisotopic (exact) mass is 619 g/mol. The molecular formula is C32H61NO10. The molecule has 0 bridgehead atoms. The van der Waals surface area contributed by atoms with Gasteiger partial charge in [-0.2, -0.15) is 0 Å². The maximum atomic E-state index is 11.9. The van der Waals surface area contributed by atoms with E-state index < -0.39 is 47.6 Å². The molecule has 254 valence electrons. The minimum atomic E-state index is -1.56. The van der Waals surface area contributed by atoms with Gasteiger partial charge >= 0.3 is 0 Å². The van der Waals surface area contributed by atoms with Crippen molar-refractivity contribution >= 4 is 12.0 Å². The number of carbonyl (C=O) groups excluding carboxylic acids is 1. The predicted molar refractivity (Wildman–Crippen MR) is 164 cm³/mol. The van der Waals surface area contributed by atoms with Gasteiger partial charge in [0.2, 0.25) is 6.79 Å². The highest BCUT2D eigenvalue weighted by Crippen LogP contribution is 2.35. The van der Waals surface area contributed by atoms with Crippen molar-refractivity contribution in [1.82, 2.24) is 0 Å². The van der Waals surface area contributed by atoms with Gasteiger partial charge in [0.15, 0.2) is 6.29 Å². The molecule has 13 atom stereocenters. The van der Waals surface area contributed by atoms with Gasteiger partial charge in [0.05, 0.1) is 41.8 Å². The Morgan fingerprint density at radius 1 is 1.09 bits per heavy atom. The molecule has 3 N–H and O–H groups in total. The van der Waals surface area contributed by atoms with Gasteiger partial charge in [0.25, 0.3) is 0 Å². The van der Waals surface area contributed by atoms with Crippen LogP contribution >= 0.6 is 0 Å². The van der Waals surface area contributed by atoms with Crippen LogP contribution in [0.4, 0.5) is 0 Å². The summed E-state index contributed by atoms with van der Waals surface area (Å²) in [5, 5.41) is 38.4. The molecule has 1 aliphatic rings. The van der Waals surface area contributed by atoms with Gasteiger partial charge in [-0.1, -0.05) is 46.7 Å². The molecule has 11 heteroatoms. The van der Waals surface area contributed by atoms with Gasteiger partial charge in [0.1, 0.15) is 11.9 Å². The van der Waals surface area contributed by atoms with E-state index in [9.17, 15) is 20.1 Å². The van der Waals surface area contributed by atoms with E-state index in [1.165, 1.54) is 14.2 Å². The fourth-order valence-corrected chi connectivity index (χ4v) is 6.92. The highest BCUT2D eigenvalue weighted by molar-refractivity contribution is 5.88. The van der Waals surface area contributed by atoms with Crippen molar-refractivity contribution in [1.29, 1.82) is 0 Å². The molecule has 43 heavy (non-hydrogen) atoms. The molecule has 1 rings (SSSR count). The summed E-state index contributed by atoms with van der Waals surface area (Å²) in [5.41, 5.74) is -2.27. The number of nitrogens with zero attached hydrogens (tertiary/aromatic N) is 1. The second kappa shape index (κ2) is 18.1. The lowest BCUT2D eigenvalue weighted by molar-refractivity contribution is -0.262. The van der Waals surface area contributed by atoms with Crippen molar-refractivity contribution in [2.24, 2.45) is 34.7 Å². The second-order valence-corrected chi connectivity index (χ2v) is 13.2. The largest absolute Gasteiger partial charge is 0.390 e. The maximum Gasteiger partial charge on any atom is 0.216 e. The molecule has 0 aromatic rings. The number of aldehydes is 1. The van der Waals surface area contributed by atoms with Gasteiger partial charge in [0, 0.05) is 45.5 Å². The number of hydrogen-bond donors (Lipinski definition) is 3. The summed E-state index contributed by atoms with van der Waals surface area (Å²) in [6.07, 6.45) is -0.338. The van der Waals surface area contributed by atoms with Gasteiger partial charge in [-0.3, -0.25) is 0 Å². The Morgan fingerprint density at radius 2 is 1.72 bits per heavy atom. The quantitative estimate of drug-likeness (QED) is 0.0602. The van der Waals surface area contributed by atoms with Crippen LogP contribution in [-0.2, 0) is 33.3 Å². The summed E-state index contributed by atoms with van der Waals surface area (Å²) in [6, 6.07) is 0. The molecule has 0 aromatic carbocycles. The van der Waals surface area contributed by atoms with E-state index >= 15 is 0 Å². The summed E-state index contributed by atoms with van der Waals surface area (Å²) >= 11 is 0. The smallest absolute Gasteiger partial charge is 0.216 e. The van der Waals surface area contributed by atoms with Crippen molar-refractivity contribution in [2.45, 2.75) is 136 Å². The van der Waals surface area contributed by atoms with Crippen LogP contribution in [0, 0.1) is 29.6 Å². The minimum Gasteiger partial charge on any atom is -0.390 e. The predicted octanol–water partition coefficient (Wildman–Crippen LogP) is 3.95. The minimum absolute atomic E-state index is 0.0304. The maximum absolute atomic E-state index is 11.9. The molecule has 0 aromatic heterocycles. The van der Waals surface area contributed by atoms with Crippen LogP contribution in [0.3, 0.4) is 0 Å². The first kappa shape index (κ1) is 39.8. The van der Waals surface area contributed by atoms with E-state index in [0.717, 1.165) is 6.29 Å². The van der Waals surface area contributed by atoms with Crippen LogP contribution in [0.1, 0.15) is 88.0 Å². The lowest BCUT2D eigenvalue weighted by atomic mass is 9.75. The molecule has 0 amide bonds. The van der Waals surface area contributed by atoms with Crippen LogP contribution < -0.4 is 0 Å². The number of oxime groups is 1. The van der Waals surface area contributed by atoms with Crippen molar-refractivity contribution in [2.75, 3.05) is 28.1 Å². The van der Waals surface area contributed by atoms with Crippen LogP contribution in [0.25, 0.3) is 0 Å². The number of methoxy groups -OCH3 is 3. The van der Waals surface area contributed by atoms with Gasteiger partial charge < -0.3 is 48.6 Å². The highest BCUT2D eigenvalue weighted by Gasteiger charge is 2.44. The zero-order valence-electron chi connectivity index (χ0n) is 28.6. The molecule has 1 saturated heterocycles.